The second-order valence-electron chi connectivity index (χ2n) is 7.34. The van der Waals surface area contributed by atoms with Gasteiger partial charge in [0.15, 0.2) is 0 Å². The summed E-state index contributed by atoms with van der Waals surface area (Å²) >= 11 is 0. The number of sulfonamides is 1. The normalized spacial score (nSPS) is 16.4. The van der Waals surface area contributed by atoms with E-state index in [4.69, 9.17) is 4.42 Å². The fourth-order valence-electron chi connectivity index (χ4n) is 3.40. The van der Waals surface area contributed by atoms with Crippen molar-refractivity contribution < 1.29 is 12.8 Å². The molecule has 0 bridgehead atoms. The molecule has 0 spiro atoms. The highest BCUT2D eigenvalue weighted by Crippen LogP contribution is 2.30. The van der Waals surface area contributed by atoms with Crippen molar-refractivity contribution >= 4 is 10.0 Å². The molecule has 2 aromatic carbocycles. The maximum Gasteiger partial charge on any atom is 0.248 e. The van der Waals surface area contributed by atoms with Crippen LogP contribution in [0.2, 0.25) is 0 Å². The van der Waals surface area contributed by atoms with E-state index in [1.54, 1.807) is 22.5 Å². The summed E-state index contributed by atoms with van der Waals surface area (Å²) in [4.78, 5) is 0.266. The second-order valence-corrected chi connectivity index (χ2v) is 9.28. The molecule has 0 unspecified atom stereocenters. The molecule has 28 heavy (non-hydrogen) atoms. The van der Waals surface area contributed by atoms with E-state index >= 15 is 0 Å². The first-order valence-corrected chi connectivity index (χ1v) is 10.9. The smallest absolute Gasteiger partial charge is 0.248 e. The van der Waals surface area contributed by atoms with Crippen LogP contribution in [0.5, 0.6) is 0 Å². The predicted molar refractivity (Wildman–Crippen MR) is 107 cm³/mol. The number of rotatable bonds is 4. The summed E-state index contributed by atoms with van der Waals surface area (Å²) in [7, 11) is -3.53. The van der Waals surface area contributed by atoms with E-state index in [0.29, 0.717) is 36.4 Å². The SMILES string of the molecule is Cc1ccc(S(=O)(=O)N2CCC(C)CC2)cc1-c1nnc(-c2ccccc2)o1. The highest BCUT2D eigenvalue weighted by Gasteiger charge is 2.29. The number of hydrogen-bond donors (Lipinski definition) is 0. The van der Waals surface area contributed by atoms with Gasteiger partial charge >= 0.3 is 0 Å². The van der Waals surface area contributed by atoms with Gasteiger partial charge in [-0.25, -0.2) is 8.42 Å². The van der Waals surface area contributed by atoms with E-state index in [1.807, 2.05) is 37.3 Å². The Morgan fingerprint density at radius 3 is 2.39 bits per heavy atom. The van der Waals surface area contributed by atoms with Crippen LogP contribution in [0.15, 0.2) is 57.8 Å². The predicted octanol–water partition coefficient (Wildman–Crippen LogP) is 4.13. The number of nitrogens with zero attached hydrogens (tertiary/aromatic N) is 3. The van der Waals surface area contributed by atoms with Gasteiger partial charge in [-0.2, -0.15) is 4.31 Å². The molecular weight excluding hydrogens is 374 g/mol. The van der Waals surface area contributed by atoms with Crippen LogP contribution in [0, 0.1) is 12.8 Å². The van der Waals surface area contributed by atoms with Crippen molar-refractivity contribution in [2.24, 2.45) is 5.92 Å². The van der Waals surface area contributed by atoms with Gasteiger partial charge in [-0.3, -0.25) is 0 Å². The van der Waals surface area contributed by atoms with E-state index in [-0.39, 0.29) is 4.90 Å². The highest BCUT2D eigenvalue weighted by molar-refractivity contribution is 7.89. The zero-order valence-electron chi connectivity index (χ0n) is 16.0. The molecule has 2 heterocycles. The standard InChI is InChI=1S/C21H23N3O3S/c1-15-10-12-24(13-11-15)28(25,26)18-9-8-16(2)19(14-18)21-23-22-20(27-21)17-6-4-3-5-7-17/h3-9,14-15H,10-13H2,1-2H3. The lowest BCUT2D eigenvalue weighted by molar-refractivity contribution is 0.288. The molecule has 6 nitrogen and oxygen atoms in total. The van der Waals surface area contributed by atoms with Crippen molar-refractivity contribution in [2.75, 3.05) is 13.1 Å². The summed E-state index contributed by atoms with van der Waals surface area (Å²) in [6, 6.07) is 14.6. The Labute approximate surface area is 165 Å². The van der Waals surface area contributed by atoms with Crippen LogP contribution in [0.25, 0.3) is 22.9 Å². The Morgan fingerprint density at radius 2 is 1.68 bits per heavy atom. The average molecular weight is 398 g/mol. The van der Waals surface area contributed by atoms with Gasteiger partial charge in [0.05, 0.1) is 4.90 Å². The van der Waals surface area contributed by atoms with Crippen LogP contribution < -0.4 is 0 Å². The van der Waals surface area contributed by atoms with Crippen molar-refractivity contribution in [1.82, 2.24) is 14.5 Å². The minimum absolute atomic E-state index is 0.266. The van der Waals surface area contributed by atoms with E-state index in [0.717, 1.165) is 24.0 Å². The molecule has 1 aliphatic heterocycles. The molecule has 0 saturated carbocycles. The molecule has 1 aromatic heterocycles. The number of benzene rings is 2. The maximum atomic E-state index is 13.1. The van der Waals surface area contributed by atoms with E-state index in [2.05, 4.69) is 17.1 Å². The maximum absolute atomic E-state index is 13.1. The zero-order valence-corrected chi connectivity index (χ0v) is 16.8. The highest BCUT2D eigenvalue weighted by atomic mass is 32.2. The minimum atomic E-state index is -3.53. The first-order valence-electron chi connectivity index (χ1n) is 9.45. The first-order chi connectivity index (χ1) is 13.4. The quantitative estimate of drug-likeness (QED) is 0.661. The Bertz CT molecular complexity index is 1070. The summed E-state index contributed by atoms with van der Waals surface area (Å²) in [6.45, 7) is 5.19. The number of aromatic nitrogens is 2. The fraction of sp³-hybridized carbons (Fsp3) is 0.333. The first kappa shape index (κ1) is 18.8. The van der Waals surface area contributed by atoms with Gasteiger partial charge in [0, 0.05) is 24.2 Å². The Kier molecular flexibility index (Phi) is 5.03. The molecule has 0 aliphatic carbocycles. The molecule has 4 rings (SSSR count). The minimum Gasteiger partial charge on any atom is -0.416 e. The number of aryl methyl sites for hydroxylation is 1. The lowest BCUT2D eigenvalue weighted by Gasteiger charge is -2.29. The summed E-state index contributed by atoms with van der Waals surface area (Å²) in [6.07, 6.45) is 1.78. The summed E-state index contributed by atoms with van der Waals surface area (Å²) in [5.41, 5.74) is 2.35. The van der Waals surface area contributed by atoms with E-state index < -0.39 is 10.0 Å². The van der Waals surface area contributed by atoms with Crippen molar-refractivity contribution in [3.05, 3.63) is 54.1 Å². The zero-order chi connectivity index (χ0) is 19.7. The van der Waals surface area contributed by atoms with Gasteiger partial charge in [0.25, 0.3) is 0 Å². The van der Waals surface area contributed by atoms with Gasteiger partial charge in [0.1, 0.15) is 0 Å². The van der Waals surface area contributed by atoms with Gasteiger partial charge in [-0.15, -0.1) is 10.2 Å². The third-order valence-electron chi connectivity index (χ3n) is 5.27. The van der Waals surface area contributed by atoms with E-state index in [1.165, 1.54) is 0 Å². The molecule has 0 amide bonds. The molecule has 7 heteroatoms. The van der Waals surface area contributed by atoms with Gasteiger partial charge < -0.3 is 4.42 Å². The Balaban J connectivity index is 1.67. The van der Waals surface area contributed by atoms with Crippen molar-refractivity contribution in [2.45, 2.75) is 31.6 Å². The fourth-order valence-corrected chi connectivity index (χ4v) is 4.89. The van der Waals surface area contributed by atoms with Crippen LogP contribution in [0.1, 0.15) is 25.3 Å². The second kappa shape index (κ2) is 7.48. The molecule has 0 N–H and O–H groups in total. The van der Waals surface area contributed by atoms with Gasteiger partial charge in [-0.05, 0) is 55.5 Å². The van der Waals surface area contributed by atoms with Crippen LogP contribution in [-0.2, 0) is 10.0 Å². The lowest BCUT2D eigenvalue weighted by Crippen LogP contribution is -2.37. The van der Waals surface area contributed by atoms with Crippen LogP contribution >= 0.6 is 0 Å². The molecule has 1 saturated heterocycles. The van der Waals surface area contributed by atoms with Crippen molar-refractivity contribution in [3.8, 4) is 22.9 Å². The summed E-state index contributed by atoms with van der Waals surface area (Å²) < 4.78 is 33.6. The lowest BCUT2D eigenvalue weighted by atomic mass is 10.0. The number of piperidine rings is 1. The van der Waals surface area contributed by atoms with Gasteiger partial charge in [-0.1, -0.05) is 31.2 Å². The monoisotopic (exact) mass is 397 g/mol. The topological polar surface area (TPSA) is 76.3 Å². The molecule has 1 fully saturated rings. The largest absolute Gasteiger partial charge is 0.416 e. The third-order valence-corrected chi connectivity index (χ3v) is 7.16. The van der Waals surface area contributed by atoms with Crippen molar-refractivity contribution in [3.63, 3.8) is 0 Å². The molecule has 146 valence electrons. The molecule has 1 aliphatic rings. The van der Waals surface area contributed by atoms with Crippen LogP contribution in [0.3, 0.4) is 0 Å². The average Bonchev–Trinajstić information content (AvgIpc) is 3.19. The third kappa shape index (κ3) is 3.59. The summed E-state index contributed by atoms with van der Waals surface area (Å²) in [5.74, 6) is 1.30. The van der Waals surface area contributed by atoms with E-state index in [9.17, 15) is 8.42 Å². The van der Waals surface area contributed by atoms with Crippen molar-refractivity contribution in [1.29, 1.82) is 0 Å². The molecule has 3 aromatic rings. The van der Waals surface area contributed by atoms with Gasteiger partial charge in [0.2, 0.25) is 21.8 Å². The molecule has 0 radical (unpaired) electrons. The van der Waals surface area contributed by atoms with Crippen LogP contribution in [0.4, 0.5) is 0 Å². The summed E-state index contributed by atoms with van der Waals surface area (Å²) in [5, 5.41) is 8.26. The molecular formula is C21H23N3O3S. The Hall–Kier alpha value is -2.51. The van der Waals surface area contributed by atoms with Crippen LogP contribution in [-0.4, -0.2) is 36.0 Å². The number of hydrogen-bond acceptors (Lipinski definition) is 5. The Morgan fingerprint density at radius 1 is 1.00 bits per heavy atom. The molecule has 0 atom stereocenters.